The van der Waals surface area contributed by atoms with Gasteiger partial charge in [0.05, 0.1) is 10.9 Å². The summed E-state index contributed by atoms with van der Waals surface area (Å²) in [6.45, 7) is 3.22. The normalized spacial score (nSPS) is 12.5. The van der Waals surface area contributed by atoms with Crippen molar-refractivity contribution >= 4 is 23.4 Å². The molecule has 3 rings (SSSR count). The number of benzene rings is 2. The van der Waals surface area contributed by atoms with E-state index in [9.17, 15) is 22.4 Å². The SMILES string of the molecule is Cc1ccc(F)cc1NC(=O)[C@@H](C)Sc1nc(-c2ccccc2)cc(C(F)(F)F)n1. The Morgan fingerprint density at radius 2 is 1.77 bits per heavy atom. The minimum absolute atomic E-state index is 0.106. The molecule has 0 radical (unpaired) electrons. The van der Waals surface area contributed by atoms with Crippen LogP contribution in [-0.4, -0.2) is 21.1 Å². The van der Waals surface area contributed by atoms with Gasteiger partial charge in [-0.05, 0) is 37.6 Å². The second kappa shape index (κ2) is 8.83. The average molecular weight is 435 g/mol. The van der Waals surface area contributed by atoms with E-state index in [1.165, 1.54) is 25.1 Å². The van der Waals surface area contributed by atoms with E-state index in [1.807, 2.05) is 0 Å². The van der Waals surface area contributed by atoms with Crippen molar-refractivity contribution < 1.29 is 22.4 Å². The van der Waals surface area contributed by atoms with Crippen LogP contribution < -0.4 is 5.32 Å². The molecule has 3 aromatic rings. The van der Waals surface area contributed by atoms with Gasteiger partial charge in [-0.3, -0.25) is 4.79 Å². The van der Waals surface area contributed by atoms with Crippen molar-refractivity contribution in [2.45, 2.75) is 30.4 Å². The van der Waals surface area contributed by atoms with Gasteiger partial charge in [-0.25, -0.2) is 14.4 Å². The maximum Gasteiger partial charge on any atom is 0.433 e. The van der Waals surface area contributed by atoms with Crippen LogP contribution in [0.3, 0.4) is 0 Å². The Kier molecular flexibility index (Phi) is 6.40. The number of nitrogens with one attached hydrogen (secondary N) is 1. The third-order valence-electron chi connectivity index (χ3n) is 4.17. The van der Waals surface area contributed by atoms with Gasteiger partial charge in [0.15, 0.2) is 5.16 Å². The van der Waals surface area contributed by atoms with E-state index in [2.05, 4.69) is 15.3 Å². The van der Waals surface area contributed by atoms with Crippen molar-refractivity contribution in [3.63, 3.8) is 0 Å². The summed E-state index contributed by atoms with van der Waals surface area (Å²) in [5.41, 5.74) is 0.465. The number of hydrogen-bond acceptors (Lipinski definition) is 4. The van der Waals surface area contributed by atoms with Gasteiger partial charge in [0.1, 0.15) is 11.5 Å². The Labute approximate surface area is 174 Å². The number of thioether (sulfide) groups is 1. The van der Waals surface area contributed by atoms with Crippen molar-refractivity contribution in [3.05, 3.63) is 71.7 Å². The number of aromatic nitrogens is 2. The number of rotatable bonds is 5. The molecular formula is C21H17F4N3OS. The van der Waals surface area contributed by atoms with Gasteiger partial charge in [-0.2, -0.15) is 13.2 Å². The molecule has 0 bridgehead atoms. The number of alkyl halides is 3. The fraction of sp³-hybridized carbons (Fsp3) is 0.190. The number of carbonyl (C=O) groups excluding carboxylic acids is 1. The summed E-state index contributed by atoms with van der Waals surface area (Å²) in [5, 5.41) is 1.59. The van der Waals surface area contributed by atoms with E-state index < -0.39 is 28.8 Å². The number of nitrogens with zero attached hydrogens (tertiary/aromatic N) is 2. The highest BCUT2D eigenvalue weighted by Crippen LogP contribution is 2.33. The lowest BCUT2D eigenvalue weighted by Crippen LogP contribution is -2.23. The van der Waals surface area contributed by atoms with Crippen LogP contribution in [0, 0.1) is 12.7 Å². The van der Waals surface area contributed by atoms with E-state index in [4.69, 9.17) is 0 Å². The van der Waals surface area contributed by atoms with Crippen LogP contribution in [0.15, 0.2) is 59.8 Å². The zero-order valence-corrected chi connectivity index (χ0v) is 16.8. The van der Waals surface area contributed by atoms with Crippen molar-refractivity contribution in [1.82, 2.24) is 9.97 Å². The van der Waals surface area contributed by atoms with Gasteiger partial charge >= 0.3 is 6.18 Å². The Hall–Kier alpha value is -2.94. The molecule has 1 aromatic heterocycles. The summed E-state index contributed by atoms with van der Waals surface area (Å²) in [4.78, 5) is 20.3. The summed E-state index contributed by atoms with van der Waals surface area (Å²) < 4.78 is 53.4. The first-order valence-corrected chi connectivity index (χ1v) is 9.77. The smallest absolute Gasteiger partial charge is 0.325 e. The fourth-order valence-corrected chi connectivity index (χ4v) is 3.34. The van der Waals surface area contributed by atoms with Crippen LogP contribution in [0.25, 0.3) is 11.3 Å². The van der Waals surface area contributed by atoms with Crippen LogP contribution in [0.2, 0.25) is 0 Å². The lowest BCUT2D eigenvalue weighted by molar-refractivity contribution is -0.141. The highest BCUT2D eigenvalue weighted by molar-refractivity contribution is 8.00. The summed E-state index contributed by atoms with van der Waals surface area (Å²) in [6, 6.07) is 13.2. The highest BCUT2D eigenvalue weighted by Gasteiger charge is 2.34. The Balaban J connectivity index is 1.85. The first kappa shape index (κ1) is 21.8. The number of carbonyl (C=O) groups is 1. The second-order valence-electron chi connectivity index (χ2n) is 6.49. The molecule has 0 aliphatic carbocycles. The molecule has 1 N–H and O–H groups in total. The van der Waals surface area contributed by atoms with Crippen LogP contribution in [0.1, 0.15) is 18.2 Å². The van der Waals surface area contributed by atoms with Crippen LogP contribution in [0.4, 0.5) is 23.2 Å². The molecule has 0 saturated carbocycles. The maximum absolute atomic E-state index is 13.4. The molecule has 0 aliphatic heterocycles. The van der Waals surface area contributed by atoms with Crippen LogP contribution in [0.5, 0.6) is 0 Å². The molecule has 2 aromatic carbocycles. The molecule has 1 atom stereocenters. The molecule has 156 valence electrons. The molecule has 0 unspecified atom stereocenters. The molecule has 9 heteroatoms. The van der Waals surface area contributed by atoms with Gasteiger partial charge in [0.25, 0.3) is 0 Å². The van der Waals surface area contributed by atoms with E-state index in [1.54, 1.807) is 37.3 Å². The quantitative estimate of drug-likeness (QED) is 0.316. The van der Waals surface area contributed by atoms with Crippen molar-refractivity contribution in [3.8, 4) is 11.3 Å². The molecule has 4 nitrogen and oxygen atoms in total. The molecule has 0 fully saturated rings. The average Bonchev–Trinajstić information content (AvgIpc) is 2.70. The lowest BCUT2D eigenvalue weighted by atomic mass is 10.1. The topological polar surface area (TPSA) is 54.9 Å². The van der Waals surface area contributed by atoms with E-state index in [0.717, 1.165) is 17.8 Å². The molecule has 0 spiro atoms. The Morgan fingerprint density at radius 3 is 2.43 bits per heavy atom. The molecule has 1 heterocycles. The van der Waals surface area contributed by atoms with Gasteiger partial charge in [-0.15, -0.1) is 0 Å². The van der Waals surface area contributed by atoms with Crippen molar-refractivity contribution in [2.24, 2.45) is 0 Å². The van der Waals surface area contributed by atoms with Crippen LogP contribution in [-0.2, 0) is 11.0 Å². The largest absolute Gasteiger partial charge is 0.433 e. The van der Waals surface area contributed by atoms with Gasteiger partial charge in [0.2, 0.25) is 5.91 Å². The zero-order valence-electron chi connectivity index (χ0n) is 16.0. The first-order valence-electron chi connectivity index (χ1n) is 8.89. The van der Waals surface area contributed by atoms with E-state index in [0.29, 0.717) is 16.8 Å². The number of amides is 1. The number of hydrogen-bond donors (Lipinski definition) is 1. The third kappa shape index (κ3) is 5.35. The lowest BCUT2D eigenvalue weighted by Gasteiger charge is -2.15. The molecule has 0 aliphatic rings. The monoisotopic (exact) mass is 435 g/mol. The minimum atomic E-state index is -4.66. The number of aryl methyl sites for hydroxylation is 1. The van der Waals surface area contributed by atoms with Gasteiger partial charge < -0.3 is 5.32 Å². The standard InChI is InChI=1S/C21H17F4N3OS/c1-12-8-9-15(22)10-16(12)26-19(29)13(2)30-20-27-17(14-6-4-3-5-7-14)11-18(28-20)21(23,24)25/h3-11,13H,1-2H3,(H,26,29)/t13-/m1/s1. The molecule has 30 heavy (non-hydrogen) atoms. The molecule has 0 saturated heterocycles. The van der Waals surface area contributed by atoms with Crippen molar-refractivity contribution in [1.29, 1.82) is 0 Å². The maximum atomic E-state index is 13.4. The van der Waals surface area contributed by atoms with E-state index in [-0.39, 0.29) is 10.9 Å². The third-order valence-corrected chi connectivity index (χ3v) is 5.14. The first-order chi connectivity index (χ1) is 14.1. The number of halogens is 4. The second-order valence-corrected chi connectivity index (χ2v) is 7.80. The summed E-state index contributed by atoms with van der Waals surface area (Å²) in [7, 11) is 0. The van der Waals surface area contributed by atoms with Gasteiger partial charge in [-0.1, -0.05) is 48.2 Å². The van der Waals surface area contributed by atoms with Crippen molar-refractivity contribution in [2.75, 3.05) is 5.32 Å². The molecular weight excluding hydrogens is 418 g/mol. The Bertz CT molecular complexity index is 1060. The predicted molar refractivity (Wildman–Crippen MR) is 108 cm³/mol. The molecule has 1 amide bonds. The van der Waals surface area contributed by atoms with Gasteiger partial charge in [0, 0.05) is 11.3 Å². The highest BCUT2D eigenvalue weighted by atomic mass is 32.2. The zero-order chi connectivity index (χ0) is 21.9. The van der Waals surface area contributed by atoms with Crippen LogP contribution >= 0.6 is 11.8 Å². The Morgan fingerprint density at radius 1 is 1.07 bits per heavy atom. The van der Waals surface area contributed by atoms with E-state index >= 15 is 0 Å². The number of anilines is 1. The summed E-state index contributed by atoms with van der Waals surface area (Å²) in [6.07, 6.45) is -4.66. The minimum Gasteiger partial charge on any atom is -0.325 e. The fourth-order valence-electron chi connectivity index (χ4n) is 2.55. The summed E-state index contributed by atoms with van der Waals surface area (Å²) >= 11 is 0.792. The predicted octanol–water partition coefficient (Wildman–Crippen LogP) is 5.73. The summed E-state index contributed by atoms with van der Waals surface area (Å²) in [5.74, 6) is -1.01.